The first kappa shape index (κ1) is 20.1. The van der Waals surface area contributed by atoms with Gasteiger partial charge in [-0.2, -0.15) is 0 Å². The summed E-state index contributed by atoms with van der Waals surface area (Å²) < 4.78 is 28.3. The highest BCUT2D eigenvalue weighted by Gasteiger charge is 2.18. The van der Waals surface area contributed by atoms with Gasteiger partial charge in [0.05, 0.1) is 4.90 Å². The molecule has 5 nitrogen and oxygen atoms in total. The van der Waals surface area contributed by atoms with Gasteiger partial charge in [-0.1, -0.05) is 28.1 Å². The number of hydrogen-bond acceptors (Lipinski definition) is 3. The van der Waals surface area contributed by atoms with E-state index in [1.165, 1.54) is 6.07 Å². The SMILES string of the molecule is Cc1ccc(C)c(NC(=O)CCNS(=O)(=O)c2cc(Br)ccc2Br)c1. The number of carbonyl (C=O) groups is 1. The molecule has 0 aliphatic heterocycles. The second-order valence-corrected chi connectivity index (χ2v) is 9.09. The average Bonchev–Trinajstić information content (AvgIpc) is 2.53. The molecule has 0 aromatic heterocycles. The normalized spacial score (nSPS) is 11.4. The quantitative estimate of drug-likeness (QED) is 0.640. The van der Waals surface area contributed by atoms with E-state index < -0.39 is 10.0 Å². The predicted octanol–water partition coefficient (Wildman–Crippen LogP) is 4.14. The number of anilines is 1. The van der Waals surface area contributed by atoms with Gasteiger partial charge in [-0.25, -0.2) is 13.1 Å². The molecule has 2 rings (SSSR count). The summed E-state index contributed by atoms with van der Waals surface area (Å²) in [7, 11) is -3.70. The van der Waals surface area contributed by atoms with Crippen LogP contribution in [-0.2, 0) is 14.8 Å². The first-order valence-electron chi connectivity index (χ1n) is 7.51. The highest BCUT2D eigenvalue weighted by atomic mass is 79.9. The number of aryl methyl sites for hydroxylation is 2. The Labute approximate surface area is 164 Å². The maximum atomic E-state index is 12.4. The number of rotatable bonds is 6. The lowest BCUT2D eigenvalue weighted by Gasteiger charge is -2.11. The number of sulfonamides is 1. The van der Waals surface area contributed by atoms with E-state index in [0.29, 0.717) is 8.95 Å². The lowest BCUT2D eigenvalue weighted by atomic mass is 10.1. The van der Waals surface area contributed by atoms with Crippen molar-refractivity contribution in [1.82, 2.24) is 4.72 Å². The molecule has 0 saturated heterocycles. The van der Waals surface area contributed by atoms with Crippen molar-refractivity contribution < 1.29 is 13.2 Å². The third kappa shape index (κ3) is 5.64. The Kier molecular flexibility index (Phi) is 6.79. The molecule has 134 valence electrons. The maximum Gasteiger partial charge on any atom is 0.241 e. The molecular formula is C17H18Br2N2O3S. The van der Waals surface area contributed by atoms with Gasteiger partial charge in [0.2, 0.25) is 15.9 Å². The summed E-state index contributed by atoms with van der Waals surface area (Å²) in [4.78, 5) is 12.2. The zero-order valence-corrected chi connectivity index (χ0v) is 17.8. The molecule has 25 heavy (non-hydrogen) atoms. The number of amides is 1. The first-order valence-corrected chi connectivity index (χ1v) is 10.6. The van der Waals surface area contributed by atoms with Crippen LogP contribution in [0.5, 0.6) is 0 Å². The van der Waals surface area contributed by atoms with Crippen LogP contribution in [0.1, 0.15) is 17.5 Å². The highest BCUT2D eigenvalue weighted by Crippen LogP contribution is 2.25. The molecule has 1 amide bonds. The van der Waals surface area contributed by atoms with Gasteiger partial charge in [0.15, 0.2) is 0 Å². The number of nitrogens with one attached hydrogen (secondary N) is 2. The van der Waals surface area contributed by atoms with Gasteiger partial charge in [0, 0.05) is 27.6 Å². The van der Waals surface area contributed by atoms with Crippen LogP contribution in [0.15, 0.2) is 50.2 Å². The standard InChI is InChI=1S/C17H18Br2N2O3S/c1-11-3-4-12(2)15(9-11)21-17(22)7-8-20-25(23,24)16-10-13(18)5-6-14(16)19/h3-6,9-10,20H,7-8H2,1-2H3,(H,21,22). The summed E-state index contributed by atoms with van der Waals surface area (Å²) >= 11 is 6.48. The van der Waals surface area contributed by atoms with Gasteiger partial charge in [-0.3, -0.25) is 4.79 Å². The van der Waals surface area contributed by atoms with Crippen molar-refractivity contribution in [2.75, 3.05) is 11.9 Å². The summed E-state index contributed by atoms with van der Waals surface area (Å²) in [6.07, 6.45) is 0.0399. The van der Waals surface area contributed by atoms with Crippen LogP contribution in [-0.4, -0.2) is 20.9 Å². The minimum atomic E-state index is -3.70. The first-order chi connectivity index (χ1) is 11.7. The molecule has 2 aromatic carbocycles. The van der Waals surface area contributed by atoms with Crippen LogP contribution in [0.25, 0.3) is 0 Å². The third-order valence-electron chi connectivity index (χ3n) is 3.49. The summed E-state index contributed by atoms with van der Waals surface area (Å²) in [5, 5.41) is 2.81. The minimum absolute atomic E-state index is 0.0119. The second-order valence-electron chi connectivity index (χ2n) is 5.59. The van der Waals surface area contributed by atoms with Crippen molar-refractivity contribution in [1.29, 1.82) is 0 Å². The molecule has 2 N–H and O–H groups in total. The maximum absolute atomic E-state index is 12.4. The number of carbonyl (C=O) groups excluding carboxylic acids is 1. The molecule has 0 heterocycles. The highest BCUT2D eigenvalue weighted by molar-refractivity contribution is 9.11. The summed E-state index contributed by atoms with van der Waals surface area (Å²) in [6, 6.07) is 10.7. The van der Waals surface area contributed by atoms with Crippen LogP contribution >= 0.6 is 31.9 Å². The van der Waals surface area contributed by atoms with Crippen molar-refractivity contribution in [3.8, 4) is 0 Å². The van der Waals surface area contributed by atoms with Gasteiger partial charge in [0.25, 0.3) is 0 Å². The van der Waals surface area contributed by atoms with Crippen molar-refractivity contribution in [3.05, 3.63) is 56.5 Å². The minimum Gasteiger partial charge on any atom is -0.326 e. The Balaban J connectivity index is 1.96. The van der Waals surface area contributed by atoms with E-state index in [-0.39, 0.29) is 23.8 Å². The Morgan fingerprint density at radius 1 is 1.08 bits per heavy atom. The summed E-state index contributed by atoms with van der Waals surface area (Å²) in [6.45, 7) is 3.86. The predicted molar refractivity (Wildman–Crippen MR) is 106 cm³/mol. The zero-order chi connectivity index (χ0) is 18.6. The van der Waals surface area contributed by atoms with Crippen molar-refractivity contribution in [2.24, 2.45) is 0 Å². The molecule has 2 aromatic rings. The van der Waals surface area contributed by atoms with Gasteiger partial charge >= 0.3 is 0 Å². The smallest absolute Gasteiger partial charge is 0.241 e. The van der Waals surface area contributed by atoms with E-state index in [4.69, 9.17) is 0 Å². The fourth-order valence-electron chi connectivity index (χ4n) is 2.14. The van der Waals surface area contributed by atoms with E-state index >= 15 is 0 Å². The van der Waals surface area contributed by atoms with Crippen LogP contribution in [0.4, 0.5) is 5.69 Å². The molecule has 0 aliphatic carbocycles. The van der Waals surface area contributed by atoms with Gasteiger partial charge in [-0.05, 0) is 65.2 Å². The van der Waals surface area contributed by atoms with Crippen molar-refractivity contribution >= 4 is 53.5 Å². The lowest BCUT2D eigenvalue weighted by Crippen LogP contribution is -2.28. The van der Waals surface area contributed by atoms with Crippen LogP contribution in [0, 0.1) is 13.8 Å². The van der Waals surface area contributed by atoms with Crippen molar-refractivity contribution in [2.45, 2.75) is 25.2 Å². The van der Waals surface area contributed by atoms with Crippen LogP contribution in [0.3, 0.4) is 0 Å². The largest absolute Gasteiger partial charge is 0.326 e. The monoisotopic (exact) mass is 488 g/mol. The van der Waals surface area contributed by atoms with E-state index in [1.807, 2.05) is 32.0 Å². The molecule has 0 bridgehead atoms. The molecule has 0 saturated carbocycles. The summed E-state index contributed by atoms with van der Waals surface area (Å²) in [5.41, 5.74) is 2.74. The third-order valence-corrected chi connectivity index (χ3v) is 6.44. The molecule has 0 unspecified atom stereocenters. The molecule has 0 spiro atoms. The van der Waals surface area contributed by atoms with E-state index in [9.17, 15) is 13.2 Å². The molecular weight excluding hydrogens is 472 g/mol. The van der Waals surface area contributed by atoms with E-state index in [1.54, 1.807) is 12.1 Å². The molecule has 0 atom stereocenters. The Morgan fingerprint density at radius 3 is 2.52 bits per heavy atom. The summed E-state index contributed by atoms with van der Waals surface area (Å²) in [5.74, 6) is -0.246. The Morgan fingerprint density at radius 2 is 1.80 bits per heavy atom. The van der Waals surface area contributed by atoms with Crippen molar-refractivity contribution in [3.63, 3.8) is 0 Å². The molecule has 8 heteroatoms. The topological polar surface area (TPSA) is 75.3 Å². The zero-order valence-electron chi connectivity index (χ0n) is 13.8. The lowest BCUT2D eigenvalue weighted by molar-refractivity contribution is -0.116. The Hall–Kier alpha value is -1.22. The molecule has 0 aliphatic rings. The fourth-order valence-corrected chi connectivity index (χ4v) is 4.67. The van der Waals surface area contributed by atoms with Crippen LogP contribution in [0.2, 0.25) is 0 Å². The number of halogens is 2. The van der Waals surface area contributed by atoms with E-state index in [0.717, 1.165) is 16.8 Å². The molecule has 0 radical (unpaired) electrons. The van der Waals surface area contributed by atoms with Gasteiger partial charge in [0.1, 0.15) is 0 Å². The van der Waals surface area contributed by atoms with E-state index in [2.05, 4.69) is 41.9 Å². The van der Waals surface area contributed by atoms with Gasteiger partial charge < -0.3 is 5.32 Å². The second kappa shape index (κ2) is 8.44. The fraction of sp³-hybridized carbons (Fsp3) is 0.235. The Bertz CT molecular complexity index is 899. The van der Waals surface area contributed by atoms with Crippen LogP contribution < -0.4 is 10.0 Å². The van der Waals surface area contributed by atoms with Gasteiger partial charge in [-0.15, -0.1) is 0 Å². The molecule has 0 fully saturated rings. The average molecular weight is 490 g/mol. The number of benzene rings is 2. The number of hydrogen-bond donors (Lipinski definition) is 2.